The summed E-state index contributed by atoms with van der Waals surface area (Å²) < 4.78 is 0. The number of amides is 2. The van der Waals surface area contributed by atoms with Crippen molar-refractivity contribution < 1.29 is 9.59 Å². The maximum atomic E-state index is 13.5. The summed E-state index contributed by atoms with van der Waals surface area (Å²) in [5.74, 6) is -0.976. The van der Waals surface area contributed by atoms with E-state index >= 15 is 0 Å². The van der Waals surface area contributed by atoms with Gasteiger partial charge in [0.15, 0.2) is 5.11 Å². The van der Waals surface area contributed by atoms with Crippen LogP contribution in [0.5, 0.6) is 0 Å². The van der Waals surface area contributed by atoms with Gasteiger partial charge in [-0.1, -0.05) is 48.0 Å². The molecule has 0 aliphatic carbocycles. The minimum atomic E-state index is -0.506. The molecular formula is C26H22ClN3O2S. The number of nitrogens with zero attached hydrogens (tertiary/aromatic N) is 2. The lowest BCUT2D eigenvalue weighted by Gasteiger charge is -2.30. The van der Waals surface area contributed by atoms with E-state index < -0.39 is 11.8 Å². The SMILES string of the molecule is Cc1c(Cl)cccc1N1C(=O)/C(=C/c2ccc(N3CCCC3)c3ccccc23)C(=O)NC1=S. The van der Waals surface area contributed by atoms with Crippen LogP contribution in [0.1, 0.15) is 24.0 Å². The highest BCUT2D eigenvalue weighted by Gasteiger charge is 2.35. The second-order valence-electron chi connectivity index (χ2n) is 8.26. The number of rotatable bonds is 3. The molecule has 0 bridgehead atoms. The van der Waals surface area contributed by atoms with Crippen LogP contribution in [0.2, 0.25) is 5.02 Å². The Morgan fingerprint density at radius 2 is 1.67 bits per heavy atom. The second-order valence-corrected chi connectivity index (χ2v) is 9.05. The standard InChI is InChI=1S/C26H22ClN3O2S/c1-16-21(27)9-6-10-22(16)30-25(32)20(24(31)28-26(30)33)15-17-11-12-23(29-13-4-5-14-29)19-8-3-2-7-18(17)19/h2-3,6-12,15H,4-5,13-14H2,1H3,(H,28,31,33)/b20-15+. The number of fused-ring (bicyclic) bond motifs is 1. The zero-order valence-corrected chi connectivity index (χ0v) is 19.7. The monoisotopic (exact) mass is 475 g/mol. The van der Waals surface area contributed by atoms with Crippen molar-refractivity contribution in [3.05, 3.63) is 76.3 Å². The van der Waals surface area contributed by atoms with E-state index in [0.29, 0.717) is 16.3 Å². The van der Waals surface area contributed by atoms with Crippen molar-refractivity contribution in [3.63, 3.8) is 0 Å². The molecule has 3 aromatic rings. The molecule has 0 unspecified atom stereocenters. The van der Waals surface area contributed by atoms with E-state index in [-0.39, 0.29) is 10.7 Å². The molecule has 2 aliphatic heterocycles. The molecule has 2 aliphatic rings. The lowest BCUT2D eigenvalue weighted by Crippen LogP contribution is -2.54. The number of carbonyl (C=O) groups excluding carboxylic acids is 2. The van der Waals surface area contributed by atoms with Gasteiger partial charge in [-0.3, -0.25) is 19.8 Å². The Bertz CT molecular complexity index is 1340. The van der Waals surface area contributed by atoms with Gasteiger partial charge >= 0.3 is 0 Å². The van der Waals surface area contributed by atoms with Gasteiger partial charge in [0.2, 0.25) is 0 Å². The first kappa shape index (κ1) is 21.6. The minimum Gasteiger partial charge on any atom is -0.371 e. The van der Waals surface area contributed by atoms with Gasteiger partial charge in [0.05, 0.1) is 5.69 Å². The summed E-state index contributed by atoms with van der Waals surface area (Å²) >= 11 is 11.6. The molecule has 5 nitrogen and oxygen atoms in total. The Balaban J connectivity index is 1.60. The molecule has 166 valence electrons. The Hall–Kier alpha value is -3.22. The fourth-order valence-corrected chi connectivity index (χ4v) is 4.98. The van der Waals surface area contributed by atoms with E-state index in [1.165, 1.54) is 23.4 Å². The summed E-state index contributed by atoms with van der Waals surface area (Å²) in [5.41, 5.74) is 3.29. The van der Waals surface area contributed by atoms with Gasteiger partial charge in [-0.15, -0.1) is 0 Å². The highest BCUT2D eigenvalue weighted by Crippen LogP contribution is 2.34. The number of nitrogens with one attached hydrogen (secondary N) is 1. The Kier molecular flexibility index (Phi) is 5.64. The Morgan fingerprint density at radius 1 is 0.939 bits per heavy atom. The maximum Gasteiger partial charge on any atom is 0.270 e. The zero-order valence-electron chi connectivity index (χ0n) is 18.1. The molecule has 1 N–H and O–H groups in total. The van der Waals surface area contributed by atoms with E-state index in [4.69, 9.17) is 23.8 Å². The third-order valence-corrected chi connectivity index (χ3v) is 6.96. The topological polar surface area (TPSA) is 52.7 Å². The molecular weight excluding hydrogens is 454 g/mol. The minimum absolute atomic E-state index is 0.0297. The second kappa shape index (κ2) is 8.61. The molecule has 0 spiro atoms. The van der Waals surface area contributed by atoms with Crippen LogP contribution < -0.4 is 15.1 Å². The molecule has 0 radical (unpaired) electrons. The lowest BCUT2D eigenvalue weighted by molar-refractivity contribution is -0.122. The highest BCUT2D eigenvalue weighted by atomic mass is 35.5. The van der Waals surface area contributed by atoms with Gasteiger partial charge in [-0.25, -0.2) is 0 Å². The van der Waals surface area contributed by atoms with Crippen LogP contribution >= 0.6 is 23.8 Å². The number of carbonyl (C=O) groups is 2. The van der Waals surface area contributed by atoms with E-state index in [2.05, 4.69) is 22.3 Å². The smallest absolute Gasteiger partial charge is 0.270 e. The largest absolute Gasteiger partial charge is 0.371 e. The van der Waals surface area contributed by atoms with Gasteiger partial charge in [0.25, 0.3) is 11.8 Å². The predicted molar refractivity (Wildman–Crippen MR) is 138 cm³/mol. The van der Waals surface area contributed by atoms with Crippen LogP contribution in [0.25, 0.3) is 16.8 Å². The van der Waals surface area contributed by atoms with E-state index in [9.17, 15) is 9.59 Å². The molecule has 2 amide bonds. The average molecular weight is 476 g/mol. The molecule has 2 saturated heterocycles. The van der Waals surface area contributed by atoms with Gasteiger partial charge < -0.3 is 4.90 Å². The van der Waals surface area contributed by atoms with Gasteiger partial charge in [0, 0.05) is 29.2 Å². The molecule has 7 heteroatoms. The van der Waals surface area contributed by atoms with Crippen LogP contribution in [0.15, 0.2) is 60.2 Å². The van der Waals surface area contributed by atoms with E-state index in [0.717, 1.165) is 29.4 Å². The maximum absolute atomic E-state index is 13.5. The molecule has 2 fully saturated rings. The summed E-state index contributed by atoms with van der Waals surface area (Å²) in [6, 6.07) is 17.4. The van der Waals surface area contributed by atoms with Crippen molar-refractivity contribution >= 4 is 69.0 Å². The first-order valence-electron chi connectivity index (χ1n) is 10.9. The molecule has 5 rings (SSSR count). The van der Waals surface area contributed by atoms with Crippen molar-refractivity contribution in [1.29, 1.82) is 0 Å². The molecule has 3 aromatic carbocycles. The summed E-state index contributed by atoms with van der Waals surface area (Å²) in [6.07, 6.45) is 4.03. The van der Waals surface area contributed by atoms with Crippen molar-refractivity contribution in [2.45, 2.75) is 19.8 Å². The molecule has 0 aromatic heterocycles. The lowest BCUT2D eigenvalue weighted by atomic mass is 9.99. The predicted octanol–water partition coefficient (Wildman–Crippen LogP) is 5.23. The van der Waals surface area contributed by atoms with Crippen LogP contribution in [0, 0.1) is 6.92 Å². The number of hydrogen-bond donors (Lipinski definition) is 1. The first-order chi connectivity index (χ1) is 16.0. The average Bonchev–Trinajstić information content (AvgIpc) is 3.34. The van der Waals surface area contributed by atoms with E-state index in [1.807, 2.05) is 31.2 Å². The Labute approximate surface area is 202 Å². The van der Waals surface area contributed by atoms with Crippen molar-refractivity contribution in [1.82, 2.24) is 5.32 Å². The first-order valence-corrected chi connectivity index (χ1v) is 11.7. The van der Waals surface area contributed by atoms with Crippen molar-refractivity contribution in [3.8, 4) is 0 Å². The van der Waals surface area contributed by atoms with Crippen molar-refractivity contribution in [2.75, 3.05) is 22.9 Å². The molecule has 0 saturated carbocycles. The Morgan fingerprint density at radius 3 is 2.42 bits per heavy atom. The summed E-state index contributed by atoms with van der Waals surface area (Å²) in [6.45, 7) is 3.89. The molecule has 2 heterocycles. The fraction of sp³-hybridized carbons (Fsp3) is 0.192. The van der Waals surface area contributed by atoms with Crippen LogP contribution in [-0.2, 0) is 9.59 Å². The van der Waals surface area contributed by atoms with Crippen LogP contribution in [-0.4, -0.2) is 30.0 Å². The summed E-state index contributed by atoms with van der Waals surface area (Å²) in [5, 5.41) is 5.32. The van der Waals surface area contributed by atoms with Crippen LogP contribution in [0.3, 0.4) is 0 Å². The highest BCUT2D eigenvalue weighted by molar-refractivity contribution is 7.80. The number of thiocarbonyl (C=S) groups is 1. The third kappa shape index (κ3) is 3.79. The fourth-order valence-electron chi connectivity index (χ4n) is 4.54. The number of hydrogen-bond acceptors (Lipinski definition) is 4. The van der Waals surface area contributed by atoms with Crippen LogP contribution in [0.4, 0.5) is 11.4 Å². The van der Waals surface area contributed by atoms with Gasteiger partial charge in [-0.05, 0) is 72.8 Å². The zero-order chi connectivity index (χ0) is 23.1. The van der Waals surface area contributed by atoms with Gasteiger partial charge in [0.1, 0.15) is 5.57 Å². The van der Waals surface area contributed by atoms with E-state index in [1.54, 1.807) is 24.3 Å². The summed E-state index contributed by atoms with van der Waals surface area (Å²) in [7, 11) is 0. The number of halogens is 1. The third-order valence-electron chi connectivity index (χ3n) is 6.26. The molecule has 0 atom stereocenters. The quantitative estimate of drug-likeness (QED) is 0.320. The van der Waals surface area contributed by atoms with Gasteiger partial charge in [-0.2, -0.15) is 0 Å². The number of anilines is 2. The summed E-state index contributed by atoms with van der Waals surface area (Å²) in [4.78, 5) is 30.0. The number of benzene rings is 3. The normalized spacial score (nSPS) is 17.9. The van der Waals surface area contributed by atoms with Crippen molar-refractivity contribution in [2.24, 2.45) is 0 Å². The molecule has 33 heavy (non-hydrogen) atoms.